The van der Waals surface area contributed by atoms with Crippen molar-refractivity contribution in [1.29, 1.82) is 0 Å². The van der Waals surface area contributed by atoms with Gasteiger partial charge in [-0.25, -0.2) is 0 Å². The Morgan fingerprint density at radius 2 is 2.00 bits per heavy atom. The van der Waals surface area contributed by atoms with Gasteiger partial charge in [0.2, 0.25) is 5.91 Å². The van der Waals surface area contributed by atoms with Crippen LogP contribution in [0.2, 0.25) is 0 Å². The van der Waals surface area contributed by atoms with Crippen LogP contribution in [-0.4, -0.2) is 16.6 Å². The van der Waals surface area contributed by atoms with Crippen LogP contribution in [0.15, 0.2) is 53.4 Å². The van der Waals surface area contributed by atoms with Gasteiger partial charge >= 0.3 is 0 Å². The maximum absolute atomic E-state index is 11.9. The Morgan fingerprint density at radius 3 is 2.71 bits per heavy atom. The van der Waals surface area contributed by atoms with Gasteiger partial charge in [-0.2, -0.15) is 0 Å². The zero-order valence-corrected chi connectivity index (χ0v) is 12.2. The smallest absolute Gasteiger partial charge is 0.271 e. The molecule has 0 aromatic heterocycles. The normalized spacial score (nSPS) is 10.1. The van der Waals surface area contributed by atoms with Crippen LogP contribution in [0.25, 0.3) is 0 Å². The topological polar surface area (TPSA) is 72.2 Å². The van der Waals surface area contributed by atoms with Crippen LogP contribution in [0.1, 0.15) is 5.56 Å². The van der Waals surface area contributed by atoms with Crippen LogP contribution in [0.3, 0.4) is 0 Å². The monoisotopic (exact) mass is 302 g/mol. The van der Waals surface area contributed by atoms with Gasteiger partial charge in [-0.15, -0.1) is 11.8 Å². The minimum absolute atomic E-state index is 0.0423. The number of carbonyl (C=O) groups is 1. The predicted octanol–water partition coefficient (Wildman–Crippen LogP) is 3.63. The number of nitrogens with zero attached hydrogens (tertiary/aromatic N) is 1. The van der Waals surface area contributed by atoms with Gasteiger partial charge in [0.05, 0.1) is 10.7 Å². The van der Waals surface area contributed by atoms with E-state index in [1.165, 1.54) is 23.9 Å². The molecule has 0 unspecified atom stereocenters. The molecule has 5 nitrogen and oxygen atoms in total. The van der Waals surface area contributed by atoms with Gasteiger partial charge in [0.15, 0.2) is 0 Å². The molecule has 0 atom stereocenters. The average Bonchev–Trinajstić information content (AvgIpc) is 2.46. The SMILES string of the molecule is Cc1ccccc1SCC(=O)Nc1cccc([N+](=O)[O-])c1. The number of anilines is 1. The molecular weight excluding hydrogens is 288 g/mol. The Kier molecular flexibility index (Phi) is 4.94. The third-order valence-corrected chi connectivity index (χ3v) is 3.97. The second kappa shape index (κ2) is 6.90. The Morgan fingerprint density at radius 1 is 1.24 bits per heavy atom. The maximum atomic E-state index is 11.9. The Labute approximate surface area is 126 Å². The summed E-state index contributed by atoms with van der Waals surface area (Å²) < 4.78 is 0. The molecule has 1 amide bonds. The fraction of sp³-hybridized carbons (Fsp3) is 0.133. The van der Waals surface area contributed by atoms with E-state index in [1.807, 2.05) is 31.2 Å². The van der Waals surface area contributed by atoms with Crippen molar-refractivity contribution in [3.63, 3.8) is 0 Å². The van der Waals surface area contributed by atoms with Crippen molar-refractivity contribution in [3.8, 4) is 0 Å². The summed E-state index contributed by atoms with van der Waals surface area (Å²) in [5.74, 6) is 0.0665. The number of rotatable bonds is 5. The first kappa shape index (κ1) is 15.1. The van der Waals surface area contributed by atoms with E-state index in [1.54, 1.807) is 12.1 Å². The number of nitro benzene ring substituents is 1. The molecule has 0 heterocycles. The number of amides is 1. The molecule has 0 spiro atoms. The van der Waals surface area contributed by atoms with Crippen LogP contribution in [-0.2, 0) is 4.79 Å². The standard InChI is InChI=1S/C15H14N2O3S/c1-11-5-2-3-8-14(11)21-10-15(18)16-12-6-4-7-13(9-12)17(19)20/h2-9H,10H2,1H3,(H,16,18). The molecule has 0 saturated carbocycles. The molecule has 2 aromatic rings. The summed E-state index contributed by atoms with van der Waals surface area (Å²) in [6.45, 7) is 1.99. The lowest BCUT2D eigenvalue weighted by Crippen LogP contribution is -2.14. The number of carbonyl (C=O) groups excluding carboxylic acids is 1. The minimum Gasteiger partial charge on any atom is -0.325 e. The maximum Gasteiger partial charge on any atom is 0.271 e. The number of aryl methyl sites for hydroxylation is 1. The van der Waals surface area contributed by atoms with E-state index in [0.29, 0.717) is 5.69 Å². The quantitative estimate of drug-likeness (QED) is 0.520. The molecule has 2 rings (SSSR count). The van der Waals surface area contributed by atoms with E-state index in [9.17, 15) is 14.9 Å². The van der Waals surface area contributed by atoms with Crippen molar-refractivity contribution in [2.45, 2.75) is 11.8 Å². The lowest BCUT2D eigenvalue weighted by molar-refractivity contribution is -0.384. The zero-order valence-electron chi connectivity index (χ0n) is 11.4. The summed E-state index contributed by atoms with van der Waals surface area (Å²) in [5, 5.41) is 13.3. The zero-order chi connectivity index (χ0) is 15.2. The average molecular weight is 302 g/mol. The van der Waals surface area contributed by atoms with E-state index in [2.05, 4.69) is 5.32 Å². The number of nitrogens with one attached hydrogen (secondary N) is 1. The molecule has 0 fully saturated rings. The van der Waals surface area contributed by atoms with Crippen LogP contribution >= 0.6 is 11.8 Å². The molecule has 0 aliphatic rings. The van der Waals surface area contributed by atoms with Gasteiger partial charge in [-0.1, -0.05) is 24.3 Å². The molecule has 1 N–H and O–H groups in total. The fourth-order valence-corrected chi connectivity index (χ4v) is 2.59. The molecule has 21 heavy (non-hydrogen) atoms. The van der Waals surface area contributed by atoms with E-state index >= 15 is 0 Å². The third kappa shape index (κ3) is 4.32. The summed E-state index contributed by atoms with van der Waals surface area (Å²) in [6.07, 6.45) is 0. The summed E-state index contributed by atoms with van der Waals surface area (Å²) >= 11 is 1.44. The molecule has 2 aromatic carbocycles. The van der Waals surface area contributed by atoms with E-state index in [4.69, 9.17) is 0 Å². The van der Waals surface area contributed by atoms with Gasteiger partial charge in [0.25, 0.3) is 5.69 Å². The highest BCUT2D eigenvalue weighted by atomic mass is 32.2. The number of thioether (sulfide) groups is 1. The lowest BCUT2D eigenvalue weighted by Gasteiger charge is -2.06. The van der Waals surface area contributed by atoms with Crippen LogP contribution in [0, 0.1) is 17.0 Å². The number of non-ortho nitro benzene ring substituents is 1. The van der Waals surface area contributed by atoms with E-state index in [0.717, 1.165) is 10.5 Å². The molecule has 6 heteroatoms. The number of benzene rings is 2. The molecule has 0 radical (unpaired) electrons. The molecule has 0 aliphatic carbocycles. The minimum atomic E-state index is -0.488. The van der Waals surface area contributed by atoms with E-state index < -0.39 is 4.92 Å². The summed E-state index contributed by atoms with van der Waals surface area (Å²) in [5.41, 5.74) is 1.50. The first-order valence-electron chi connectivity index (χ1n) is 6.29. The second-order valence-corrected chi connectivity index (χ2v) is 5.43. The second-order valence-electron chi connectivity index (χ2n) is 4.41. The largest absolute Gasteiger partial charge is 0.325 e. The van der Waals surface area contributed by atoms with Gasteiger partial charge in [0.1, 0.15) is 0 Å². The molecule has 0 bridgehead atoms. The Balaban J connectivity index is 1.95. The summed E-state index contributed by atoms with van der Waals surface area (Å²) in [6, 6.07) is 13.7. The summed E-state index contributed by atoms with van der Waals surface area (Å²) in [7, 11) is 0. The van der Waals surface area contributed by atoms with Crippen molar-refractivity contribution in [2.24, 2.45) is 0 Å². The summed E-state index contributed by atoms with van der Waals surface area (Å²) in [4.78, 5) is 23.1. The van der Waals surface area contributed by atoms with Crippen molar-refractivity contribution < 1.29 is 9.72 Å². The van der Waals surface area contributed by atoms with Crippen LogP contribution < -0.4 is 5.32 Å². The number of hydrogen-bond acceptors (Lipinski definition) is 4. The number of nitro groups is 1. The van der Waals surface area contributed by atoms with Gasteiger partial charge in [-0.3, -0.25) is 14.9 Å². The molecule has 0 aliphatic heterocycles. The van der Waals surface area contributed by atoms with Crippen molar-refractivity contribution in [2.75, 3.05) is 11.1 Å². The lowest BCUT2D eigenvalue weighted by atomic mass is 10.2. The van der Waals surface area contributed by atoms with Gasteiger partial charge in [-0.05, 0) is 24.6 Å². The van der Waals surface area contributed by atoms with Crippen LogP contribution in [0.4, 0.5) is 11.4 Å². The van der Waals surface area contributed by atoms with Crippen LogP contribution in [0.5, 0.6) is 0 Å². The predicted molar refractivity (Wildman–Crippen MR) is 83.6 cm³/mol. The van der Waals surface area contributed by atoms with Crippen molar-refractivity contribution in [1.82, 2.24) is 0 Å². The van der Waals surface area contributed by atoms with E-state index in [-0.39, 0.29) is 17.3 Å². The molecular formula is C15H14N2O3S. The highest BCUT2D eigenvalue weighted by Crippen LogP contribution is 2.22. The molecule has 0 saturated heterocycles. The number of hydrogen-bond donors (Lipinski definition) is 1. The Hall–Kier alpha value is -2.34. The highest BCUT2D eigenvalue weighted by Gasteiger charge is 2.09. The van der Waals surface area contributed by atoms with Gasteiger partial charge < -0.3 is 5.32 Å². The highest BCUT2D eigenvalue weighted by molar-refractivity contribution is 8.00. The first-order valence-corrected chi connectivity index (χ1v) is 7.27. The molecule has 108 valence electrons. The van der Waals surface area contributed by atoms with Crippen molar-refractivity contribution >= 4 is 29.0 Å². The fourth-order valence-electron chi connectivity index (χ4n) is 1.76. The third-order valence-electron chi connectivity index (χ3n) is 2.79. The van der Waals surface area contributed by atoms with Crippen molar-refractivity contribution in [3.05, 3.63) is 64.2 Å². The van der Waals surface area contributed by atoms with Gasteiger partial charge in [0, 0.05) is 22.7 Å². The first-order chi connectivity index (χ1) is 10.1. The Bertz CT molecular complexity index is 673.